The minimum atomic E-state index is -4.69. The van der Waals surface area contributed by atoms with Crippen LogP contribution in [0.4, 0.5) is 24.5 Å². The molecule has 1 aliphatic carbocycles. The first kappa shape index (κ1) is 15.9. The summed E-state index contributed by atoms with van der Waals surface area (Å²) in [4.78, 5) is 0. The van der Waals surface area contributed by atoms with Crippen molar-refractivity contribution in [3.8, 4) is 0 Å². The predicted molar refractivity (Wildman–Crippen MR) is 69.4 cm³/mol. The first-order chi connectivity index (χ1) is 9.77. The zero-order valence-electron chi connectivity index (χ0n) is 11.1. The smallest absolute Gasteiger partial charge is 0.393 e. The van der Waals surface area contributed by atoms with Crippen LogP contribution in [0, 0.1) is 0 Å². The zero-order valence-corrected chi connectivity index (χ0v) is 11.1. The topological polar surface area (TPSA) is 76.0 Å². The first-order valence-corrected chi connectivity index (χ1v) is 6.61. The molecule has 0 saturated heterocycles. The van der Waals surface area contributed by atoms with E-state index in [0.717, 1.165) is 12.1 Å². The molecule has 4 N–H and O–H groups in total. The van der Waals surface area contributed by atoms with Crippen molar-refractivity contribution in [2.75, 3.05) is 10.5 Å². The molecule has 0 amide bonds. The summed E-state index contributed by atoms with van der Waals surface area (Å²) in [6.07, 6.45) is -2.45. The summed E-state index contributed by atoms with van der Waals surface area (Å²) in [5.41, 5.74) is -1.60. The van der Waals surface area contributed by atoms with Gasteiger partial charge in [0.15, 0.2) is 0 Å². The average molecular weight is 306 g/mol. The third-order valence-electron chi connectivity index (χ3n) is 3.58. The molecule has 0 spiro atoms. The molecule has 1 aliphatic rings. The molecule has 118 valence electrons. The van der Waals surface area contributed by atoms with Crippen molar-refractivity contribution in [3.05, 3.63) is 23.8 Å². The Morgan fingerprint density at radius 3 is 2.24 bits per heavy atom. The highest BCUT2D eigenvalue weighted by atomic mass is 19.4. The van der Waals surface area contributed by atoms with E-state index in [1.807, 2.05) is 0 Å². The molecule has 8 heteroatoms. The number of rotatable bonds is 3. The second-order valence-corrected chi connectivity index (χ2v) is 5.17. The lowest BCUT2D eigenvalue weighted by atomic mass is 9.93. The predicted octanol–water partition coefficient (Wildman–Crippen LogP) is 3.01. The van der Waals surface area contributed by atoms with E-state index in [-0.39, 0.29) is 17.8 Å². The van der Waals surface area contributed by atoms with Gasteiger partial charge >= 0.3 is 6.18 Å². The summed E-state index contributed by atoms with van der Waals surface area (Å²) in [6.45, 7) is 0. The van der Waals surface area contributed by atoms with Crippen molar-refractivity contribution in [3.63, 3.8) is 0 Å². The van der Waals surface area contributed by atoms with E-state index in [4.69, 9.17) is 10.4 Å². The number of hydrogen-bond donors (Lipinski definition) is 4. The van der Waals surface area contributed by atoms with E-state index in [0.29, 0.717) is 25.7 Å². The number of benzene rings is 1. The molecule has 1 fully saturated rings. The number of alkyl halides is 3. The third kappa shape index (κ3) is 3.99. The van der Waals surface area contributed by atoms with Crippen molar-refractivity contribution in [2.24, 2.45) is 0 Å². The third-order valence-corrected chi connectivity index (χ3v) is 3.58. The highest BCUT2D eigenvalue weighted by Gasteiger charge is 2.35. The molecule has 1 aromatic carbocycles. The minimum Gasteiger partial charge on any atom is -0.393 e. The molecular weight excluding hydrogens is 289 g/mol. The van der Waals surface area contributed by atoms with Gasteiger partial charge in [-0.2, -0.15) is 13.2 Å². The molecule has 2 rings (SSSR count). The summed E-state index contributed by atoms with van der Waals surface area (Å²) in [7, 11) is 0. The maximum absolute atomic E-state index is 12.9. The summed E-state index contributed by atoms with van der Waals surface area (Å²) < 4.78 is 38.7. The Labute approximate surface area is 119 Å². The van der Waals surface area contributed by atoms with Crippen molar-refractivity contribution in [2.45, 2.75) is 44.0 Å². The van der Waals surface area contributed by atoms with Crippen LogP contribution >= 0.6 is 0 Å². The molecule has 0 radical (unpaired) electrons. The largest absolute Gasteiger partial charge is 0.418 e. The van der Waals surface area contributed by atoms with Crippen molar-refractivity contribution in [1.29, 1.82) is 0 Å². The van der Waals surface area contributed by atoms with E-state index in [9.17, 15) is 18.3 Å². The van der Waals surface area contributed by atoms with Crippen LogP contribution < -0.4 is 10.5 Å². The highest BCUT2D eigenvalue weighted by molar-refractivity contribution is 5.60. The maximum Gasteiger partial charge on any atom is 0.418 e. The summed E-state index contributed by atoms with van der Waals surface area (Å²) in [6, 6.07) is 3.19. The van der Waals surface area contributed by atoms with E-state index in [1.165, 1.54) is 6.07 Å². The normalized spacial score (nSPS) is 23.0. The van der Waals surface area contributed by atoms with Crippen molar-refractivity contribution < 1.29 is 28.7 Å². The van der Waals surface area contributed by atoms with Gasteiger partial charge in [-0.15, -0.1) is 5.23 Å². The lowest BCUT2D eigenvalue weighted by Crippen LogP contribution is -2.28. The van der Waals surface area contributed by atoms with Gasteiger partial charge in [0.2, 0.25) is 0 Å². The molecule has 0 bridgehead atoms. The van der Waals surface area contributed by atoms with Crippen molar-refractivity contribution >= 4 is 11.4 Å². The maximum atomic E-state index is 12.9. The Morgan fingerprint density at radius 2 is 1.71 bits per heavy atom. The Hall–Kier alpha value is -1.51. The second-order valence-electron chi connectivity index (χ2n) is 5.17. The van der Waals surface area contributed by atoms with Gasteiger partial charge in [-0.05, 0) is 43.9 Å². The zero-order chi connectivity index (χ0) is 15.6. The number of aliphatic hydroxyl groups is 1. The number of nitrogens with one attached hydrogen (secondary N) is 1. The molecule has 0 aromatic heterocycles. The quantitative estimate of drug-likeness (QED) is 0.646. The number of halogens is 3. The van der Waals surface area contributed by atoms with E-state index in [1.54, 1.807) is 0 Å². The van der Waals surface area contributed by atoms with Gasteiger partial charge in [0.05, 0.1) is 11.7 Å². The Morgan fingerprint density at radius 1 is 1.10 bits per heavy atom. The Kier molecular flexibility index (Phi) is 4.60. The SMILES string of the molecule is OC1CCC(Nc2ccc(N(O)O)c(C(F)(F)F)c2)CC1. The van der Waals surface area contributed by atoms with Gasteiger partial charge in [0.1, 0.15) is 5.69 Å². The van der Waals surface area contributed by atoms with Crippen LogP contribution in [0.15, 0.2) is 18.2 Å². The van der Waals surface area contributed by atoms with Crippen molar-refractivity contribution in [1.82, 2.24) is 0 Å². The number of aliphatic hydroxyl groups excluding tert-OH is 1. The molecule has 0 unspecified atom stereocenters. The van der Waals surface area contributed by atoms with E-state index >= 15 is 0 Å². The van der Waals surface area contributed by atoms with Gasteiger partial charge in [0.25, 0.3) is 0 Å². The average Bonchev–Trinajstić information content (AvgIpc) is 2.40. The lowest BCUT2D eigenvalue weighted by Gasteiger charge is -2.27. The number of nitrogens with zero attached hydrogens (tertiary/aromatic N) is 1. The molecule has 1 aromatic rings. The molecule has 21 heavy (non-hydrogen) atoms. The molecule has 0 aliphatic heterocycles. The van der Waals surface area contributed by atoms with Gasteiger partial charge in [-0.25, -0.2) is 0 Å². The standard InChI is InChI=1S/C13H17F3N2O3/c14-13(15,16)11-7-9(3-6-12(11)18(20)21)17-8-1-4-10(19)5-2-8/h3,6-8,10,17,19-21H,1-2,4-5H2. The van der Waals surface area contributed by atoms with Crippen LogP contribution in [-0.4, -0.2) is 27.7 Å². The Bertz CT molecular complexity index is 486. The molecule has 0 heterocycles. The first-order valence-electron chi connectivity index (χ1n) is 6.61. The fraction of sp³-hybridized carbons (Fsp3) is 0.538. The van der Waals surface area contributed by atoms with Crippen LogP contribution in [0.2, 0.25) is 0 Å². The van der Waals surface area contributed by atoms with Gasteiger partial charge in [-0.1, -0.05) is 0 Å². The molecule has 0 atom stereocenters. The fourth-order valence-corrected chi connectivity index (χ4v) is 2.48. The summed E-state index contributed by atoms with van der Waals surface area (Å²) in [5, 5.41) is 29.6. The highest BCUT2D eigenvalue weighted by Crippen LogP contribution is 2.38. The number of hydrogen-bond acceptors (Lipinski definition) is 5. The molecule has 5 nitrogen and oxygen atoms in total. The summed E-state index contributed by atoms with van der Waals surface area (Å²) in [5.74, 6) is 0. The molecule has 1 saturated carbocycles. The number of anilines is 2. The van der Waals surface area contributed by atoms with E-state index < -0.39 is 22.7 Å². The van der Waals surface area contributed by atoms with Gasteiger partial charge in [-0.3, -0.25) is 10.4 Å². The van der Waals surface area contributed by atoms with Gasteiger partial charge in [0, 0.05) is 11.7 Å². The van der Waals surface area contributed by atoms with Crippen LogP contribution in [0.5, 0.6) is 0 Å². The van der Waals surface area contributed by atoms with Crippen LogP contribution in [0.3, 0.4) is 0 Å². The second kappa shape index (κ2) is 6.08. The van der Waals surface area contributed by atoms with Gasteiger partial charge < -0.3 is 10.4 Å². The fourth-order valence-electron chi connectivity index (χ4n) is 2.48. The minimum absolute atomic E-state index is 0.000287. The summed E-state index contributed by atoms with van der Waals surface area (Å²) >= 11 is 0. The monoisotopic (exact) mass is 306 g/mol. The van der Waals surface area contributed by atoms with Crippen LogP contribution in [-0.2, 0) is 6.18 Å². The molecular formula is C13H17F3N2O3. The van der Waals surface area contributed by atoms with Crippen LogP contribution in [0.1, 0.15) is 31.2 Å². The van der Waals surface area contributed by atoms with Crippen LogP contribution in [0.25, 0.3) is 0 Å². The Balaban J connectivity index is 2.18. The lowest BCUT2D eigenvalue weighted by molar-refractivity contribution is -0.138. The van der Waals surface area contributed by atoms with E-state index in [2.05, 4.69) is 5.32 Å².